The second-order valence-electron chi connectivity index (χ2n) is 9.49. The predicted molar refractivity (Wildman–Crippen MR) is 124 cm³/mol. The van der Waals surface area contributed by atoms with Gasteiger partial charge in [0.1, 0.15) is 6.04 Å². The second-order valence-corrected chi connectivity index (χ2v) is 9.93. The lowest BCUT2D eigenvalue weighted by molar-refractivity contribution is -0.146. The van der Waals surface area contributed by atoms with Crippen LogP contribution in [-0.2, 0) is 14.4 Å². The van der Waals surface area contributed by atoms with Crippen LogP contribution in [0.1, 0.15) is 26.3 Å². The zero-order valence-corrected chi connectivity index (χ0v) is 18.8. The predicted octanol–water partition coefficient (Wildman–Crippen LogP) is 3.96. The van der Waals surface area contributed by atoms with Gasteiger partial charge in [0.2, 0.25) is 17.7 Å². The van der Waals surface area contributed by atoms with Crippen LogP contribution in [0.2, 0.25) is 5.02 Å². The van der Waals surface area contributed by atoms with Crippen LogP contribution < -0.4 is 10.2 Å². The Balaban J connectivity index is 1.59. The summed E-state index contributed by atoms with van der Waals surface area (Å²) in [5, 5.41) is 3.50. The summed E-state index contributed by atoms with van der Waals surface area (Å²) in [4.78, 5) is 44.0. The standard InChI is InChI=1S/C25H24ClN3O3/c1-25(2,3)29-23(31)19-18-13-8-14-6-4-5-7-17(14)28(18)21(20(19)24(29)32)22(30)27-16-11-9-15(26)10-12-16/h4-13,18-21H,1-3H3,(H,27,30). The maximum Gasteiger partial charge on any atom is 0.247 e. The third-order valence-corrected chi connectivity index (χ3v) is 6.72. The highest BCUT2D eigenvalue weighted by atomic mass is 35.5. The second kappa shape index (κ2) is 7.20. The van der Waals surface area contributed by atoms with Crippen molar-refractivity contribution < 1.29 is 14.4 Å². The quantitative estimate of drug-likeness (QED) is 0.704. The average molecular weight is 450 g/mol. The van der Waals surface area contributed by atoms with Crippen molar-refractivity contribution in [3.63, 3.8) is 0 Å². The largest absolute Gasteiger partial charge is 0.351 e. The summed E-state index contributed by atoms with van der Waals surface area (Å²) in [7, 11) is 0. The van der Waals surface area contributed by atoms with E-state index in [0.717, 1.165) is 11.3 Å². The molecule has 3 aliphatic rings. The summed E-state index contributed by atoms with van der Waals surface area (Å²) in [5.41, 5.74) is 1.75. The molecule has 6 nitrogen and oxygen atoms in total. The van der Waals surface area contributed by atoms with Crippen molar-refractivity contribution in [2.45, 2.75) is 38.4 Å². The number of rotatable bonds is 2. The Hall–Kier alpha value is -3.12. The van der Waals surface area contributed by atoms with Gasteiger partial charge in [0.15, 0.2) is 0 Å². The Morgan fingerprint density at radius 1 is 0.969 bits per heavy atom. The van der Waals surface area contributed by atoms with Crippen LogP contribution >= 0.6 is 11.6 Å². The van der Waals surface area contributed by atoms with Crippen molar-refractivity contribution in [1.82, 2.24) is 4.90 Å². The molecule has 4 atom stereocenters. The molecule has 3 heterocycles. The van der Waals surface area contributed by atoms with Gasteiger partial charge >= 0.3 is 0 Å². The maximum absolute atomic E-state index is 13.6. The summed E-state index contributed by atoms with van der Waals surface area (Å²) < 4.78 is 0. The van der Waals surface area contributed by atoms with E-state index in [9.17, 15) is 14.4 Å². The van der Waals surface area contributed by atoms with Gasteiger partial charge in [-0.1, -0.05) is 42.0 Å². The molecule has 7 heteroatoms. The molecule has 0 aromatic heterocycles. The lowest BCUT2D eigenvalue weighted by Crippen LogP contribution is -2.53. The third-order valence-electron chi connectivity index (χ3n) is 6.47. The van der Waals surface area contributed by atoms with E-state index in [4.69, 9.17) is 11.6 Å². The Labute approximate surface area is 191 Å². The number of carbonyl (C=O) groups excluding carboxylic acids is 3. The van der Waals surface area contributed by atoms with E-state index >= 15 is 0 Å². The van der Waals surface area contributed by atoms with Gasteiger partial charge in [-0.05, 0) is 56.7 Å². The number of hydrogen-bond acceptors (Lipinski definition) is 4. The summed E-state index contributed by atoms with van der Waals surface area (Å²) >= 11 is 5.97. The first kappa shape index (κ1) is 20.8. The molecule has 3 amide bonds. The number of benzene rings is 2. The minimum Gasteiger partial charge on any atom is -0.351 e. The zero-order valence-electron chi connectivity index (χ0n) is 18.1. The van der Waals surface area contributed by atoms with Crippen LogP contribution in [0.5, 0.6) is 0 Å². The molecule has 2 fully saturated rings. The molecule has 32 heavy (non-hydrogen) atoms. The highest BCUT2D eigenvalue weighted by molar-refractivity contribution is 6.30. The first-order chi connectivity index (χ1) is 15.2. The summed E-state index contributed by atoms with van der Waals surface area (Å²) in [5.74, 6) is -2.17. The van der Waals surface area contributed by atoms with Gasteiger partial charge < -0.3 is 10.2 Å². The van der Waals surface area contributed by atoms with Gasteiger partial charge in [-0.2, -0.15) is 0 Å². The van der Waals surface area contributed by atoms with E-state index in [0.29, 0.717) is 10.7 Å². The molecule has 5 rings (SSSR count). The Bertz CT molecular complexity index is 1150. The smallest absolute Gasteiger partial charge is 0.247 e. The van der Waals surface area contributed by atoms with Gasteiger partial charge in [0, 0.05) is 21.9 Å². The number of carbonyl (C=O) groups is 3. The van der Waals surface area contributed by atoms with E-state index < -0.39 is 23.4 Å². The molecule has 0 aliphatic carbocycles. The highest BCUT2D eigenvalue weighted by Crippen LogP contribution is 2.49. The average Bonchev–Trinajstić information content (AvgIpc) is 3.22. The van der Waals surface area contributed by atoms with E-state index in [1.807, 2.05) is 62.1 Å². The van der Waals surface area contributed by atoms with Crippen LogP contribution in [-0.4, -0.2) is 40.2 Å². The summed E-state index contributed by atoms with van der Waals surface area (Å²) in [6, 6.07) is 13.4. The topological polar surface area (TPSA) is 69.7 Å². The minimum absolute atomic E-state index is 0.215. The molecule has 2 aromatic carbocycles. The molecule has 3 aliphatic heterocycles. The van der Waals surface area contributed by atoms with Crippen LogP contribution in [0.3, 0.4) is 0 Å². The van der Waals surface area contributed by atoms with Crippen molar-refractivity contribution in [2.75, 3.05) is 10.2 Å². The number of halogens is 1. The molecule has 0 spiro atoms. The molecule has 0 radical (unpaired) electrons. The van der Waals surface area contributed by atoms with Gasteiger partial charge in [0.05, 0.1) is 17.9 Å². The Kier molecular flexibility index (Phi) is 4.67. The van der Waals surface area contributed by atoms with Crippen LogP contribution in [0, 0.1) is 11.8 Å². The molecule has 0 bridgehead atoms. The maximum atomic E-state index is 13.6. The summed E-state index contributed by atoms with van der Waals surface area (Å²) in [6.45, 7) is 5.53. The number of anilines is 2. The number of imide groups is 1. The number of fused-ring (bicyclic) bond motifs is 5. The third kappa shape index (κ3) is 3.05. The van der Waals surface area contributed by atoms with E-state index in [2.05, 4.69) is 5.32 Å². The van der Waals surface area contributed by atoms with Crippen molar-refractivity contribution in [2.24, 2.45) is 11.8 Å². The van der Waals surface area contributed by atoms with E-state index in [1.165, 1.54) is 4.90 Å². The molecule has 4 unspecified atom stereocenters. The fraction of sp³-hybridized carbons (Fsp3) is 0.320. The minimum atomic E-state index is -0.810. The Morgan fingerprint density at radius 3 is 2.31 bits per heavy atom. The van der Waals surface area contributed by atoms with Gasteiger partial charge in [-0.15, -0.1) is 0 Å². The molecular weight excluding hydrogens is 426 g/mol. The van der Waals surface area contributed by atoms with Crippen LogP contribution in [0.15, 0.2) is 54.6 Å². The van der Waals surface area contributed by atoms with Gasteiger partial charge in [-0.3, -0.25) is 19.3 Å². The molecule has 1 N–H and O–H groups in total. The number of nitrogens with one attached hydrogen (secondary N) is 1. The lowest BCUT2D eigenvalue weighted by Gasteiger charge is -2.38. The molecular formula is C25H24ClN3O3. The van der Waals surface area contributed by atoms with Gasteiger partial charge in [0.25, 0.3) is 0 Å². The first-order valence-corrected chi connectivity index (χ1v) is 11.1. The van der Waals surface area contributed by atoms with Crippen molar-refractivity contribution in [3.05, 3.63) is 65.2 Å². The van der Waals surface area contributed by atoms with Crippen LogP contribution in [0.25, 0.3) is 6.08 Å². The zero-order chi connectivity index (χ0) is 22.8. The SMILES string of the molecule is CC(C)(C)N1C(=O)C2C(C1=O)C(C(=O)Nc1ccc(Cl)cc1)N1c3ccccc3C=CC21. The first-order valence-electron chi connectivity index (χ1n) is 10.7. The number of likely N-dealkylation sites (tertiary alicyclic amines) is 1. The monoisotopic (exact) mass is 449 g/mol. The number of para-hydroxylation sites is 1. The number of hydrogen-bond donors (Lipinski definition) is 1. The molecule has 0 saturated carbocycles. The number of amides is 3. The summed E-state index contributed by atoms with van der Waals surface area (Å²) in [6.07, 6.45) is 3.93. The van der Waals surface area contributed by atoms with Gasteiger partial charge in [-0.25, -0.2) is 0 Å². The molecule has 2 saturated heterocycles. The van der Waals surface area contributed by atoms with Crippen molar-refractivity contribution >= 4 is 46.8 Å². The molecule has 2 aromatic rings. The fourth-order valence-corrected chi connectivity index (χ4v) is 5.35. The van der Waals surface area contributed by atoms with Crippen LogP contribution in [0.4, 0.5) is 11.4 Å². The van der Waals surface area contributed by atoms with Crippen molar-refractivity contribution in [3.8, 4) is 0 Å². The highest BCUT2D eigenvalue weighted by Gasteiger charge is 2.65. The fourth-order valence-electron chi connectivity index (χ4n) is 5.22. The van der Waals surface area contributed by atoms with Crippen molar-refractivity contribution in [1.29, 1.82) is 0 Å². The van der Waals surface area contributed by atoms with E-state index in [1.54, 1.807) is 24.3 Å². The number of nitrogens with zero attached hydrogens (tertiary/aromatic N) is 2. The van der Waals surface area contributed by atoms with E-state index in [-0.39, 0.29) is 23.8 Å². The lowest BCUT2D eigenvalue weighted by atomic mass is 9.88. The normalized spacial score (nSPS) is 26.1. The Morgan fingerprint density at radius 2 is 1.62 bits per heavy atom. The molecule has 164 valence electrons.